The largest absolute Gasteiger partial charge is 0.494 e. The molecular weight excluding hydrogens is 535 g/mol. The molecule has 8 nitrogen and oxygen atoms in total. The Morgan fingerprint density at radius 3 is 2.48 bits per heavy atom. The fraction of sp³-hybridized carbons (Fsp3) is 0.500. The molecule has 0 saturated carbocycles. The van der Waals surface area contributed by atoms with Gasteiger partial charge in [-0.3, -0.25) is 0 Å². The van der Waals surface area contributed by atoms with Crippen LogP contribution in [0.1, 0.15) is 32.3 Å². The lowest BCUT2D eigenvalue weighted by molar-refractivity contribution is 0.0698. The van der Waals surface area contributed by atoms with Gasteiger partial charge in [-0.25, -0.2) is 9.98 Å². The molecule has 1 heterocycles. The summed E-state index contributed by atoms with van der Waals surface area (Å²) >= 11 is 0. The first kappa shape index (κ1) is 28.9. The monoisotopic (exact) mass is 572 g/mol. The van der Waals surface area contributed by atoms with Crippen LogP contribution in [-0.2, 0) is 16.0 Å². The van der Waals surface area contributed by atoms with Crippen LogP contribution in [0.5, 0.6) is 17.4 Å². The number of ether oxygens (including phenoxy) is 4. The lowest BCUT2D eigenvalue weighted by Gasteiger charge is -2.13. The van der Waals surface area contributed by atoms with Crippen LogP contribution in [-0.4, -0.2) is 57.6 Å². The summed E-state index contributed by atoms with van der Waals surface area (Å²) < 4.78 is 22.1. The molecule has 0 aliphatic rings. The Morgan fingerprint density at radius 1 is 0.970 bits per heavy atom. The molecule has 0 aliphatic heterocycles. The zero-order valence-electron chi connectivity index (χ0n) is 19.8. The van der Waals surface area contributed by atoms with Gasteiger partial charge in [0.1, 0.15) is 11.5 Å². The second-order valence-corrected chi connectivity index (χ2v) is 6.97. The first-order chi connectivity index (χ1) is 15.8. The minimum absolute atomic E-state index is 0. The lowest BCUT2D eigenvalue weighted by Crippen LogP contribution is -2.38. The second-order valence-electron chi connectivity index (χ2n) is 6.97. The van der Waals surface area contributed by atoms with Crippen LogP contribution in [0.4, 0.5) is 0 Å². The molecule has 0 amide bonds. The van der Waals surface area contributed by atoms with Crippen LogP contribution in [0, 0.1) is 0 Å². The standard InChI is InChI=1S/C24H36N4O4.HI/c1-4-15-31-21-9-11-22(12-10-21)32-23-20(8-6-13-26-23)19-28-24(25-5-2)27-14-7-16-30-18-17-29-3;/h6,8-13H,4-5,7,14-19H2,1-3H3,(H2,25,27,28);1H. The first-order valence-electron chi connectivity index (χ1n) is 11.2. The average Bonchev–Trinajstić information content (AvgIpc) is 2.82. The Hall–Kier alpha value is -2.11. The molecule has 1 aromatic heterocycles. The van der Waals surface area contributed by atoms with E-state index in [2.05, 4.69) is 27.5 Å². The molecule has 0 radical (unpaired) electrons. The van der Waals surface area contributed by atoms with E-state index >= 15 is 0 Å². The quantitative estimate of drug-likeness (QED) is 0.142. The molecule has 0 fully saturated rings. The van der Waals surface area contributed by atoms with Crippen LogP contribution in [0.25, 0.3) is 0 Å². The summed E-state index contributed by atoms with van der Waals surface area (Å²) in [4.78, 5) is 9.07. The molecule has 2 rings (SSSR count). The van der Waals surface area contributed by atoms with Gasteiger partial charge in [-0.2, -0.15) is 0 Å². The predicted molar refractivity (Wildman–Crippen MR) is 142 cm³/mol. The molecule has 2 N–H and O–H groups in total. The van der Waals surface area contributed by atoms with E-state index in [0.29, 0.717) is 44.6 Å². The molecule has 0 bridgehead atoms. The van der Waals surface area contributed by atoms with Crippen molar-refractivity contribution in [3.05, 3.63) is 48.2 Å². The maximum atomic E-state index is 6.00. The number of nitrogens with zero attached hydrogens (tertiary/aromatic N) is 2. The van der Waals surface area contributed by atoms with Gasteiger partial charge < -0.3 is 29.6 Å². The van der Waals surface area contributed by atoms with Crippen LogP contribution in [0.2, 0.25) is 0 Å². The summed E-state index contributed by atoms with van der Waals surface area (Å²) in [6, 6.07) is 11.4. The number of methoxy groups -OCH3 is 1. The minimum atomic E-state index is 0. The van der Waals surface area contributed by atoms with Gasteiger partial charge in [-0.05, 0) is 50.1 Å². The molecule has 33 heavy (non-hydrogen) atoms. The number of nitrogens with one attached hydrogen (secondary N) is 2. The first-order valence-corrected chi connectivity index (χ1v) is 11.2. The van der Waals surface area contributed by atoms with Gasteiger partial charge in [0.05, 0.1) is 26.4 Å². The molecule has 1 aromatic carbocycles. The number of hydrogen-bond donors (Lipinski definition) is 2. The second kappa shape index (κ2) is 18.3. The van der Waals surface area contributed by atoms with E-state index in [-0.39, 0.29) is 24.0 Å². The van der Waals surface area contributed by atoms with Crippen molar-refractivity contribution in [1.82, 2.24) is 15.6 Å². The van der Waals surface area contributed by atoms with Gasteiger partial charge in [0.25, 0.3) is 0 Å². The zero-order valence-corrected chi connectivity index (χ0v) is 22.2. The number of rotatable bonds is 15. The van der Waals surface area contributed by atoms with Crippen molar-refractivity contribution < 1.29 is 18.9 Å². The van der Waals surface area contributed by atoms with E-state index in [4.69, 9.17) is 18.9 Å². The van der Waals surface area contributed by atoms with Crippen molar-refractivity contribution in [2.45, 2.75) is 33.2 Å². The third-order valence-corrected chi connectivity index (χ3v) is 4.30. The van der Waals surface area contributed by atoms with E-state index < -0.39 is 0 Å². The normalized spacial score (nSPS) is 10.9. The molecular formula is C24H37IN4O4. The molecule has 0 unspecified atom stereocenters. The molecule has 0 aliphatic carbocycles. The summed E-state index contributed by atoms with van der Waals surface area (Å²) in [6.45, 7) is 8.72. The number of benzene rings is 1. The van der Waals surface area contributed by atoms with Crippen molar-refractivity contribution in [1.29, 1.82) is 0 Å². The summed E-state index contributed by atoms with van der Waals surface area (Å²) in [6.07, 6.45) is 3.57. The Kier molecular flexibility index (Phi) is 16.1. The van der Waals surface area contributed by atoms with Crippen molar-refractivity contribution in [3.63, 3.8) is 0 Å². The SMILES string of the molecule is CCCOc1ccc(Oc2ncccc2CN=C(NCC)NCCCOCCOC)cc1.I. The highest BCUT2D eigenvalue weighted by molar-refractivity contribution is 14.0. The van der Waals surface area contributed by atoms with Crippen molar-refractivity contribution in [2.75, 3.05) is 46.6 Å². The Balaban J connectivity index is 0.00000544. The number of hydrogen-bond acceptors (Lipinski definition) is 6. The average molecular weight is 572 g/mol. The number of aromatic nitrogens is 1. The molecule has 184 valence electrons. The molecule has 9 heteroatoms. The maximum absolute atomic E-state index is 6.00. The molecule has 0 spiro atoms. The fourth-order valence-corrected chi connectivity index (χ4v) is 2.70. The van der Waals surface area contributed by atoms with Crippen molar-refractivity contribution in [2.24, 2.45) is 4.99 Å². The van der Waals surface area contributed by atoms with E-state index in [9.17, 15) is 0 Å². The summed E-state index contributed by atoms with van der Waals surface area (Å²) in [7, 11) is 1.67. The zero-order chi connectivity index (χ0) is 22.9. The van der Waals surface area contributed by atoms with Crippen LogP contribution < -0.4 is 20.1 Å². The molecule has 0 saturated heterocycles. The third kappa shape index (κ3) is 12.1. The van der Waals surface area contributed by atoms with E-state index in [1.165, 1.54) is 0 Å². The summed E-state index contributed by atoms with van der Waals surface area (Å²) in [5.41, 5.74) is 0.902. The number of halogens is 1. The third-order valence-electron chi connectivity index (χ3n) is 4.30. The molecule has 0 atom stereocenters. The highest BCUT2D eigenvalue weighted by Gasteiger charge is 2.07. The Bertz CT molecular complexity index is 790. The number of aliphatic imine (C=N–C) groups is 1. The van der Waals surface area contributed by atoms with Gasteiger partial charge >= 0.3 is 0 Å². The number of guanidine groups is 1. The van der Waals surface area contributed by atoms with E-state index in [0.717, 1.165) is 43.2 Å². The minimum Gasteiger partial charge on any atom is -0.494 e. The predicted octanol–water partition coefficient (Wildman–Crippen LogP) is 4.39. The Labute approximate surface area is 214 Å². The maximum Gasteiger partial charge on any atom is 0.224 e. The van der Waals surface area contributed by atoms with E-state index in [1.807, 2.05) is 43.3 Å². The highest BCUT2D eigenvalue weighted by Crippen LogP contribution is 2.25. The van der Waals surface area contributed by atoms with Crippen LogP contribution in [0.3, 0.4) is 0 Å². The van der Waals surface area contributed by atoms with Gasteiger partial charge in [0.15, 0.2) is 5.96 Å². The summed E-state index contributed by atoms with van der Waals surface area (Å²) in [5.74, 6) is 2.82. The highest BCUT2D eigenvalue weighted by atomic mass is 127. The topological polar surface area (TPSA) is 86.2 Å². The molecule has 2 aromatic rings. The number of pyridine rings is 1. The van der Waals surface area contributed by atoms with Gasteiger partial charge in [-0.15, -0.1) is 24.0 Å². The van der Waals surface area contributed by atoms with Gasteiger partial charge in [-0.1, -0.05) is 13.0 Å². The van der Waals surface area contributed by atoms with Gasteiger partial charge in [0.2, 0.25) is 5.88 Å². The van der Waals surface area contributed by atoms with Crippen LogP contribution in [0.15, 0.2) is 47.6 Å². The lowest BCUT2D eigenvalue weighted by atomic mass is 10.2. The van der Waals surface area contributed by atoms with Crippen LogP contribution >= 0.6 is 24.0 Å². The van der Waals surface area contributed by atoms with E-state index in [1.54, 1.807) is 13.3 Å². The van der Waals surface area contributed by atoms with Gasteiger partial charge in [0, 0.05) is 38.6 Å². The van der Waals surface area contributed by atoms with Crippen molar-refractivity contribution in [3.8, 4) is 17.4 Å². The fourth-order valence-electron chi connectivity index (χ4n) is 2.70. The Morgan fingerprint density at radius 2 is 1.76 bits per heavy atom. The summed E-state index contributed by atoms with van der Waals surface area (Å²) in [5, 5.41) is 6.59. The van der Waals surface area contributed by atoms with Crippen molar-refractivity contribution >= 4 is 29.9 Å². The smallest absolute Gasteiger partial charge is 0.224 e.